The molecule has 1 unspecified atom stereocenters. The predicted molar refractivity (Wildman–Crippen MR) is 69.4 cm³/mol. The SMILES string of the molecule is CCCC[C@H](NC(=O)C1CCCCCN1)C(=O)O. The molecule has 0 spiro atoms. The molecule has 1 aliphatic heterocycles. The second kappa shape index (κ2) is 8.08. The van der Waals surface area contributed by atoms with Gasteiger partial charge in [-0.3, -0.25) is 4.79 Å². The number of aliphatic carboxylic acids is 1. The van der Waals surface area contributed by atoms with E-state index in [-0.39, 0.29) is 11.9 Å². The van der Waals surface area contributed by atoms with E-state index >= 15 is 0 Å². The van der Waals surface area contributed by atoms with Crippen molar-refractivity contribution in [1.29, 1.82) is 0 Å². The lowest BCUT2D eigenvalue weighted by atomic mass is 10.1. The van der Waals surface area contributed by atoms with Crippen LogP contribution in [0.15, 0.2) is 0 Å². The van der Waals surface area contributed by atoms with Gasteiger partial charge in [0.25, 0.3) is 0 Å². The average molecular weight is 256 g/mol. The molecule has 0 radical (unpaired) electrons. The lowest BCUT2D eigenvalue weighted by molar-refractivity contribution is -0.142. The molecule has 1 heterocycles. The molecule has 1 saturated heterocycles. The Morgan fingerprint density at radius 3 is 2.83 bits per heavy atom. The van der Waals surface area contributed by atoms with Crippen LogP contribution in [0.4, 0.5) is 0 Å². The van der Waals surface area contributed by atoms with Crippen molar-refractivity contribution in [2.45, 2.75) is 64.0 Å². The fourth-order valence-corrected chi connectivity index (χ4v) is 2.19. The van der Waals surface area contributed by atoms with Gasteiger partial charge in [0.1, 0.15) is 6.04 Å². The molecule has 18 heavy (non-hydrogen) atoms. The smallest absolute Gasteiger partial charge is 0.326 e. The van der Waals surface area contributed by atoms with Crippen molar-refractivity contribution in [3.63, 3.8) is 0 Å². The summed E-state index contributed by atoms with van der Waals surface area (Å²) in [5.74, 6) is -1.11. The quantitative estimate of drug-likeness (QED) is 0.669. The third kappa shape index (κ3) is 5.04. The monoisotopic (exact) mass is 256 g/mol. The number of carbonyl (C=O) groups is 2. The van der Waals surface area contributed by atoms with E-state index in [1.54, 1.807) is 0 Å². The van der Waals surface area contributed by atoms with Crippen LogP contribution in [-0.4, -0.2) is 35.6 Å². The second-order valence-corrected chi connectivity index (χ2v) is 4.90. The summed E-state index contributed by atoms with van der Waals surface area (Å²) in [5, 5.41) is 14.9. The summed E-state index contributed by atoms with van der Waals surface area (Å²) in [6.07, 6.45) is 6.29. The summed E-state index contributed by atoms with van der Waals surface area (Å²) in [4.78, 5) is 23.0. The molecule has 5 nitrogen and oxygen atoms in total. The zero-order chi connectivity index (χ0) is 13.4. The van der Waals surface area contributed by atoms with Gasteiger partial charge in [-0.15, -0.1) is 0 Å². The van der Waals surface area contributed by atoms with Gasteiger partial charge in [-0.1, -0.05) is 32.6 Å². The summed E-state index contributed by atoms with van der Waals surface area (Å²) in [6.45, 7) is 2.85. The molecule has 0 aliphatic carbocycles. The first-order chi connectivity index (χ1) is 8.65. The summed E-state index contributed by atoms with van der Waals surface area (Å²) < 4.78 is 0. The predicted octanol–water partition coefficient (Wildman–Crippen LogP) is 1.28. The number of carboxylic acids is 1. The van der Waals surface area contributed by atoms with Crippen LogP contribution in [0, 0.1) is 0 Å². The minimum atomic E-state index is -0.939. The molecule has 1 aliphatic rings. The summed E-state index contributed by atoms with van der Waals surface area (Å²) in [7, 11) is 0. The number of carbonyl (C=O) groups excluding carboxylic acids is 1. The zero-order valence-electron chi connectivity index (χ0n) is 11.1. The Labute approximate surface area is 108 Å². The Morgan fingerprint density at radius 1 is 1.39 bits per heavy atom. The molecular weight excluding hydrogens is 232 g/mol. The Balaban J connectivity index is 2.45. The molecule has 5 heteroatoms. The summed E-state index contributed by atoms with van der Waals surface area (Å²) >= 11 is 0. The number of unbranched alkanes of at least 4 members (excludes halogenated alkanes) is 1. The molecule has 104 valence electrons. The van der Waals surface area contributed by atoms with Gasteiger partial charge in [0.15, 0.2) is 0 Å². The fraction of sp³-hybridized carbons (Fsp3) is 0.846. The normalized spacial score (nSPS) is 21.9. The van der Waals surface area contributed by atoms with Crippen LogP contribution in [0.5, 0.6) is 0 Å². The Hall–Kier alpha value is -1.10. The van der Waals surface area contributed by atoms with Crippen LogP contribution in [0.1, 0.15) is 51.9 Å². The first kappa shape index (κ1) is 15.0. The Kier molecular flexibility index (Phi) is 6.72. The first-order valence-electron chi connectivity index (χ1n) is 6.91. The van der Waals surface area contributed by atoms with Gasteiger partial charge < -0.3 is 15.7 Å². The van der Waals surface area contributed by atoms with E-state index in [9.17, 15) is 9.59 Å². The van der Waals surface area contributed by atoms with E-state index < -0.39 is 12.0 Å². The third-order valence-electron chi connectivity index (χ3n) is 3.34. The van der Waals surface area contributed by atoms with E-state index in [2.05, 4.69) is 10.6 Å². The van der Waals surface area contributed by atoms with Crippen LogP contribution in [0.2, 0.25) is 0 Å². The third-order valence-corrected chi connectivity index (χ3v) is 3.34. The second-order valence-electron chi connectivity index (χ2n) is 4.90. The lowest BCUT2D eigenvalue weighted by Gasteiger charge is -2.19. The van der Waals surface area contributed by atoms with Gasteiger partial charge in [0.2, 0.25) is 5.91 Å². The molecule has 0 saturated carbocycles. The fourth-order valence-electron chi connectivity index (χ4n) is 2.19. The van der Waals surface area contributed by atoms with Gasteiger partial charge >= 0.3 is 5.97 Å². The highest BCUT2D eigenvalue weighted by Gasteiger charge is 2.25. The number of carboxylic acid groups (broad SMARTS) is 1. The van der Waals surface area contributed by atoms with Gasteiger partial charge in [0.05, 0.1) is 6.04 Å². The van der Waals surface area contributed by atoms with Crippen LogP contribution < -0.4 is 10.6 Å². The number of rotatable bonds is 6. The number of amides is 1. The van der Waals surface area contributed by atoms with Crippen molar-refractivity contribution in [2.75, 3.05) is 6.54 Å². The van der Waals surface area contributed by atoms with Gasteiger partial charge in [-0.25, -0.2) is 4.79 Å². The molecule has 0 aromatic carbocycles. The molecule has 3 N–H and O–H groups in total. The van der Waals surface area contributed by atoms with Crippen LogP contribution >= 0.6 is 0 Å². The van der Waals surface area contributed by atoms with Gasteiger partial charge in [-0.2, -0.15) is 0 Å². The number of nitrogens with one attached hydrogen (secondary N) is 2. The highest BCUT2D eigenvalue weighted by atomic mass is 16.4. The zero-order valence-corrected chi connectivity index (χ0v) is 11.1. The Bertz CT molecular complexity index is 273. The maximum absolute atomic E-state index is 12.0. The summed E-state index contributed by atoms with van der Waals surface area (Å²) in [5.41, 5.74) is 0. The first-order valence-corrected chi connectivity index (χ1v) is 6.91. The highest BCUT2D eigenvalue weighted by molar-refractivity contribution is 5.86. The highest BCUT2D eigenvalue weighted by Crippen LogP contribution is 2.09. The molecule has 1 fully saturated rings. The van der Waals surface area contributed by atoms with E-state index in [0.717, 1.165) is 45.1 Å². The average Bonchev–Trinajstić information content (AvgIpc) is 2.62. The van der Waals surface area contributed by atoms with Crippen LogP contribution in [-0.2, 0) is 9.59 Å². The minimum Gasteiger partial charge on any atom is -0.480 e. The van der Waals surface area contributed by atoms with Crippen molar-refractivity contribution >= 4 is 11.9 Å². The molecular formula is C13H24N2O3. The van der Waals surface area contributed by atoms with E-state index in [4.69, 9.17) is 5.11 Å². The van der Waals surface area contributed by atoms with Gasteiger partial charge in [-0.05, 0) is 25.8 Å². The van der Waals surface area contributed by atoms with E-state index in [1.807, 2.05) is 6.92 Å². The molecule has 1 rings (SSSR count). The minimum absolute atomic E-state index is 0.166. The van der Waals surface area contributed by atoms with E-state index in [0.29, 0.717) is 6.42 Å². The van der Waals surface area contributed by atoms with Crippen molar-refractivity contribution in [3.8, 4) is 0 Å². The molecule has 1 amide bonds. The van der Waals surface area contributed by atoms with Crippen LogP contribution in [0.25, 0.3) is 0 Å². The maximum Gasteiger partial charge on any atom is 0.326 e. The number of hydrogen-bond donors (Lipinski definition) is 3. The lowest BCUT2D eigenvalue weighted by Crippen LogP contribution is -2.49. The maximum atomic E-state index is 12.0. The molecule has 0 aromatic rings. The van der Waals surface area contributed by atoms with Crippen molar-refractivity contribution in [3.05, 3.63) is 0 Å². The van der Waals surface area contributed by atoms with Crippen LogP contribution in [0.3, 0.4) is 0 Å². The standard InChI is InChI=1S/C13H24N2O3/c1-2-3-7-11(13(17)18)15-12(16)10-8-5-4-6-9-14-10/h10-11,14H,2-9H2,1H3,(H,15,16)(H,17,18)/t10?,11-/m0/s1. The van der Waals surface area contributed by atoms with Crippen molar-refractivity contribution in [1.82, 2.24) is 10.6 Å². The van der Waals surface area contributed by atoms with Crippen molar-refractivity contribution < 1.29 is 14.7 Å². The Morgan fingerprint density at radius 2 is 2.17 bits per heavy atom. The molecule has 0 aromatic heterocycles. The largest absolute Gasteiger partial charge is 0.480 e. The van der Waals surface area contributed by atoms with Gasteiger partial charge in [0, 0.05) is 0 Å². The molecule has 0 bridgehead atoms. The molecule has 2 atom stereocenters. The van der Waals surface area contributed by atoms with E-state index in [1.165, 1.54) is 0 Å². The number of hydrogen-bond acceptors (Lipinski definition) is 3. The summed E-state index contributed by atoms with van der Waals surface area (Å²) in [6, 6.07) is -0.974. The van der Waals surface area contributed by atoms with Crippen molar-refractivity contribution in [2.24, 2.45) is 0 Å². The topological polar surface area (TPSA) is 78.4 Å².